The second-order valence-corrected chi connectivity index (χ2v) is 5.41. The number of nitrogens with two attached hydrogens (primary N) is 1. The van der Waals surface area contributed by atoms with Crippen LogP contribution in [0.3, 0.4) is 0 Å². The number of ether oxygens (including phenoxy) is 1. The molecule has 98 valence electrons. The summed E-state index contributed by atoms with van der Waals surface area (Å²) >= 11 is 0. The molecule has 3 N–H and O–H groups in total. The zero-order valence-electron chi connectivity index (χ0n) is 10.5. The summed E-state index contributed by atoms with van der Waals surface area (Å²) in [6, 6.07) is 0.645. The van der Waals surface area contributed by atoms with Crippen molar-refractivity contribution in [3.05, 3.63) is 0 Å². The van der Waals surface area contributed by atoms with Crippen LogP contribution in [0.15, 0.2) is 0 Å². The molecule has 2 aliphatic rings. The maximum atomic E-state index is 11.7. The molecule has 0 aromatic rings. The van der Waals surface area contributed by atoms with Crippen LogP contribution in [-0.2, 0) is 9.53 Å². The van der Waals surface area contributed by atoms with Crippen molar-refractivity contribution in [3.63, 3.8) is 0 Å². The van der Waals surface area contributed by atoms with Gasteiger partial charge in [-0.3, -0.25) is 4.79 Å². The average molecular weight is 240 g/mol. The number of carbonyl (C=O) groups excluding carboxylic acids is 1. The van der Waals surface area contributed by atoms with E-state index < -0.39 is 0 Å². The lowest BCUT2D eigenvalue weighted by molar-refractivity contribution is -0.128. The lowest BCUT2D eigenvalue weighted by Crippen LogP contribution is -2.39. The fourth-order valence-corrected chi connectivity index (χ4v) is 2.83. The van der Waals surface area contributed by atoms with E-state index in [0.717, 1.165) is 32.1 Å². The molecule has 0 aliphatic heterocycles. The third kappa shape index (κ3) is 4.28. The summed E-state index contributed by atoms with van der Waals surface area (Å²) in [7, 11) is 0. The van der Waals surface area contributed by atoms with Crippen molar-refractivity contribution in [1.29, 1.82) is 0 Å². The molecule has 2 aliphatic carbocycles. The van der Waals surface area contributed by atoms with Crippen LogP contribution in [0.25, 0.3) is 0 Å². The van der Waals surface area contributed by atoms with E-state index in [0.29, 0.717) is 6.04 Å². The van der Waals surface area contributed by atoms with Gasteiger partial charge in [0, 0.05) is 12.1 Å². The lowest BCUT2D eigenvalue weighted by Gasteiger charge is -2.23. The van der Waals surface area contributed by atoms with E-state index in [2.05, 4.69) is 5.32 Å². The zero-order chi connectivity index (χ0) is 12.1. The van der Waals surface area contributed by atoms with Crippen LogP contribution in [0.4, 0.5) is 0 Å². The Kier molecular flexibility index (Phi) is 4.80. The third-order valence-electron chi connectivity index (χ3n) is 3.85. The van der Waals surface area contributed by atoms with Crippen molar-refractivity contribution in [1.82, 2.24) is 5.32 Å². The Bertz CT molecular complexity index is 252. The maximum absolute atomic E-state index is 11.7. The zero-order valence-corrected chi connectivity index (χ0v) is 10.5. The van der Waals surface area contributed by atoms with Crippen LogP contribution in [-0.4, -0.2) is 30.7 Å². The summed E-state index contributed by atoms with van der Waals surface area (Å²) in [6.45, 7) is 0.202. The molecule has 0 spiro atoms. The van der Waals surface area contributed by atoms with Crippen molar-refractivity contribution in [3.8, 4) is 0 Å². The first-order chi connectivity index (χ1) is 8.24. The predicted octanol–water partition coefficient (Wildman–Crippen LogP) is 1.33. The van der Waals surface area contributed by atoms with E-state index in [4.69, 9.17) is 10.5 Å². The van der Waals surface area contributed by atoms with Gasteiger partial charge in [0.25, 0.3) is 0 Å². The number of carbonyl (C=O) groups is 1. The van der Waals surface area contributed by atoms with Gasteiger partial charge in [0.1, 0.15) is 6.61 Å². The molecule has 17 heavy (non-hydrogen) atoms. The Labute approximate surface area is 103 Å². The predicted molar refractivity (Wildman–Crippen MR) is 66.6 cm³/mol. The van der Waals surface area contributed by atoms with Gasteiger partial charge in [-0.2, -0.15) is 0 Å². The van der Waals surface area contributed by atoms with Crippen molar-refractivity contribution >= 4 is 5.91 Å². The minimum Gasteiger partial charge on any atom is -0.368 e. The summed E-state index contributed by atoms with van der Waals surface area (Å²) in [5, 5.41) is 3.06. The third-order valence-corrected chi connectivity index (χ3v) is 3.85. The Hall–Kier alpha value is -0.610. The van der Waals surface area contributed by atoms with Gasteiger partial charge in [0.15, 0.2) is 0 Å². The van der Waals surface area contributed by atoms with Gasteiger partial charge in [-0.1, -0.05) is 19.3 Å². The first-order valence-electron chi connectivity index (χ1n) is 6.90. The van der Waals surface area contributed by atoms with Gasteiger partial charge in [0.2, 0.25) is 5.91 Å². The highest BCUT2D eigenvalue weighted by Gasteiger charge is 2.23. The summed E-state index contributed by atoms with van der Waals surface area (Å²) in [5.41, 5.74) is 5.80. The highest BCUT2D eigenvalue weighted by Crippen LogP contribution is 2.20. The molecule has 2 atom stereocenters. The Morgan fingerprint density at radius 2 is 1.94 bits per heavy atom. The fraction of sp³-hybridized carbons (Fsp3) is 0.923. The Balaban J connectivity index is 1.60. The molecule has 0 aromatic carbocycles. The summed E-state index contributed by atoms with van der Waals surface area (Å²) in [6.07, 6.45) is 9.15. The van der Waals surface area contributed by atoms with Gasteiger partial charge in [-0.15, -0.1) is 0 Å². The van der Waals surface area contributed by atoms with Crippen LogP contribution in [0.1, 0.15) is 51.4 Å². The smallest absolute Gasteiger partial charge is 0.246 e. The molecule has 1 amide bonds. The molecule has 2 unspecified atom stereocenters. The van der Waals surface area contributed by atoms with E-state index in [1.54, 1.807) is 0 Å². The second-order valence-electron chi connectivity index (χ2n) is 5.41. The van der Waals surface area contributed by atoms with Crippen molar-refractivity contribution in [2.75, 3.05) is 6.61 Å². The minimum absolute atomic E-state index is 0.0392. The fourth-order valence-electron chi connectivity index (χ4n) is 2.83. The summed E-state index contributed by atoms with van der Waals surface area (Å²) in [5.74, 6) is 0.0392. The van der Waals surface area contributed by atoms with Gasteiger partial charge >= 0.3 is 0 Å². The first kappa shape index (κ1) is 12.8. The molecule has 0 radical (unpaired) electrons. The number of hydrogen-bond donors (Lipinski definition) is 2. The molecule has 0 bridgehead atoms. The van der Waals surface area contributed by atoms with Gasteiger partial charge < -0.3 is 15.8 Å². The summed E-state index contributed by atoms with van der Waals surface area (Å²) < 4.78 is 5.58. The minimum atomic E-state index is 0.0392. The molecule has 0 heterocycles. The average Bonchev–Trinajstić information content (AvgIpc) is 2.74. The standard InChI is InChI=1S/C13H24N2O2/c14-10-6-7-12(8-10)17-9-13(16)15-11-4-2-1-3-5-11/h10-12H,1-9,14H2,(H,15,16). The number of amides is 1. The molecule has 4 heteroatoms. The van der Waals surface area contributed by atoms with Crippen molar-refractivity contribution in [2.24, 2.45) is 5.73 Å². The van der Waals surface area contributed by atoms with Crippen LogP contribution < -0.4 is 11.1 Å². The Morgan fingerprint density at radius 1 is 1.18 bits per heavy atom. The highest BCUT2D eigenvalue weighted by atomic mass is 16.5. The topological polar surface area (TPSA) is 64.3 Å². The quantitative estimate of drug-likeness (QED) is 0.779. The lowest BCUT2D eigenvalue weighted by atomic mass is 9.95. The molecule has 4 nitrogen and oxygen atoms in total. The van der Waals surface area contributed by atoms with E-state index >= 15 is 0 Å². The van der Waals surface area contributed by atoms with Crippen LogP contribution in [0, 0.1) is 0 Å². The van der Waals surface area contributed by atoms with Crippen LogP contribution >= 0.6 is 0 Å². The monoisotopic (exact) mass is 240 g/mol. The van der Waals surface area contributed by atoms with Gasteiger partial charge in [-0.25, -0.2) is 0 Å². The number of hydrogen-bond acceptors (Lipinski definition) is 3. The normalized spacial score (nSPS) is 30.4. The van der Waals surface area contributed by atoms with Crippen molar-refractivity contribution < 1.29 is 9.53 Å². The molecular formula is C13H24N2O2. The van der Waals surface area contributed by atoms with Gasteiger partial charge in [0.05, 0.1) is 6.10 Å². The first-order valence-corrected chi connectivity index (χ1v) is 6.90. The molecule has 0 saturated heterocycles. The van der Waals surface area contributed by atoms with Crippen molar-refractivity contribution in [2.45, 2.75) is 69.6 Å². The molecule has 0 aromatic heterocycles. The van der Waals surface area contributed by atoms with E-state index in [-0.39, 0.29) is 24.7 Å². The SMILES string of the molecule is NC1CCC(OCC(=O)NC2CCCCC2)C1. The number of rotatable bonds is 4. The van der Waals surface area contributed by atoms with Crippen LogP contribution in [0.2, 0.25) is 0 Å². The largest absolute Gasteiger partial charge is 0.368 e. The second kappa shape index (κ2) is 6.36. The van der Waals surface area contributed by atoms with E-state index in [1.807, 2.05) is 0 Å². The molecule has 2 fully saturated rings. The maximum Gasteiger partial charge on any atom is 0.246 e. The molecule has 2 rings (SSSR count). The molecular weight excluding hydrogens is 216 g/mol. The number of nitrogens with one attached hydrogen (secondary N) is 1. The Morgan fingerprint density at radius 3 is 2.59 bits per heavy atom. The van der Waals surface area contributed by atoms with E-state index in [1.165, 1.54) is 19.3 Å². The van der Waals surface area contributed by atoms with E-state index in [9.17, 15) is 4.79 Å². The summed E-state index contributed by atoms with van der Waals surface area (Å²) in [4.78, 5) is 11.7. The van der Waals surface area contributed by atoms with Crippen LogP contribution in [0.5, 0.6) is 0 Å². The molecule has 2 saturated carbocycles. The highest BCUT2D eigenvalue weighted by molar-refractivity contribution is 5.77. The van der Waals surface area contributed by atoms with Gasteiger partial charge in [-0.05, 0) is 32.1 Å².